The van der Waals surface area contributed by atoms with E-state index in [0.717, 1.165) is 0 Å². The third-order valence-corrected chi connectivity index (χ3v) is 1.94. The number of aliphatic carboxylic acids is 1. The van der Waals surface area contributed by atoms with E-state index in [0.29, 0.717) is 12.1 Å². The van der Waals surface area contributed by atoms with E-state index in [-0.39, 0.29) is 18.7 Å². The average molecular weight is 251 g/mol. The first kappa shape index (κ1) is 13.4. The van der Waals surface area contributed by atoms with Crippen LogP contribution >= 0.6 is 0 Å². The summed E-state index contributed by atoms with van der Waals surface area (Å²) < 4.78 is 49.9. The van der Waals surface area contributed by atoms with Gasteiger partial charge in [0.25, 0.3) is 0 Å². The number of halogens is 4. The van der Waals surface area contributed by atoms with E-state index in [9.17, 15) is 22.4 Å². The van der Waals surface area contributed by atoms with Gasteiger partial charge in [-0.25, -0.2) is 4.39 Å². The van der Waals surface area contributed by atoms with E-state index >= 15 is 0 Å². The second-order valence-corrected chi connectivity index (χ2v) is 3.31. The molecule has 1 rings (SSSR count). The number of benzene rings is 1. The molecule has 2 N–H and O–H groups in total. The van der Waals surface area contributed by atoms with E-state index in [4.69, 9.17) is 5.11 Å². The maximum atomic E-state index is 12.9. The Kier molecular flexibility index (Phi) is 4.06. The van der Waals surface area contributed by atoms with Crippen molar-refractivity contribution in [2.75, 3.05) is 6.54 Å². The predicted octanol–water partition coefficient (Wildman–Crippen LogP) is 2.02. The highest BCUT2D eigenvalue weighted by Crippen LogP contribution is 2.31. The lowest BCUT2D eigenvalue weighted by atomic mass is 10.1. The molecule has 0 radical (unpaired) electrons. The van der Waals surface area contributed by atoms with Crippen LogP contribution in [0.5, 0.6) is 0 Å². The second kappa shape index (κ2) is 5.13. The van der Waals surface area contributed by atoms with Gasteiger partial charge in [-0.3, -0.25) is 4.79 Å². The van der Waals surface area contributed by atoms with Crippen LogP contribution in [0.4, 0.5) is 17.6 Å². The molecule has 0 aliphatic carbocycles. The number of carboxylic acids is 1. The first-order chi connectivity index (χ1) is 7.80. The number of hydrogen-bond donors (Lipinski definition) is 2. The van der Waals surface area contributed by atoms with Gasteiger partial charge in [0.2, 0.25) is 0 Å². The molecule has 0 bridgehead atoms. The number of carbonyl (C=O) groups is 1. The van der Waals surface area contributed by atoms with Crippen LogP contribution < -0.4 is 5.32 Å². The lowest BCUT2D eigenvalue weighted by Crippen LogP contribution is -2.22. The maximum absolute atomic E-state index is 12.9. The van der Waals surface area contributed by atoms with Crippen molar-refractivity contribution in [1.82, 2.24) is 5.32 Å². The van der Waals surface area contributed by atoms with E-state index in [1.807, 2.05) is 0 Å². The second-order valence-electron chi connectivity index (χ2n) is 3.31. The molecule has 0 aromatic heterocycles. The average Bonchev–Trinajstić information content (AvgIpc) is 2.18. The number of alkyl halides is 3. The van der Waals surface area contributed by atoms with Crippen LogP contribution in [0.25, 0.3) is 0 Å². The summed E-state index contributed by atoms with van der Waals surface area (Å²) in [6.07, 6.45) is -4.76. The topological polar surface area (TPSA) is 49.3 Å². The zero-order valence-electron chi connectivity index (χ0n) is 8.51. The lowest BCUT2D eigenvalue weighted by Gasteiger charge is -2.10. The van der Waals surface area contributed by atoms with Gasteiger partial charge in [-0.2, -0.15) is 13.2 Å². The minimum Gasteiger partial charge on any atom is -0.480 e. The minimum atomic E-state index is -4.76. The Morgan fingerprint density at radius 2 is 2.00 bits per heavy atom. The molecule has 1 aromatic carbocycles. The van der Waals surface area contributed by atoms with Gasteiger partial charge in [-0.05, 0) is 17.7 Å². The summed E-state index contributed by atoms with van der Waals surface area (Å²) in [7, 11) is 0. The molecule has 17 heavy (non-hydrogen) atoms. The third-order valence-electron chi connectivity index (χ3n) is 1.94. The summed E-state index contributed by atoms with van der Waals surface area (Å²) in [5, 5.41) is 10.7. The molecular weight excluding hydrogens is 242 g/mol. The van der Waals surface area contributed by atoms with Gasteiger partial charge in [0.05, 0.1) is 12.1 Å². The van der Waals surface area contributed by atoms with Gasteiger partial charge in [0, 0.05) is 6.54 Å². The smallest absolute Gasteiger partial charge is 0.419 e. The first-order valence-electron chi connectivity index (χ1n) is 4.59. The van der Waals surface area contributed by atoms with Crippen molar-refractivity contribution in [2.24, 2.45) is 0 Å². The molecular formula is C10H9F4NO2. The molecule has 0 unspecified atom stereocenters. The van der Waals surface area contributed by atoms with E-state index < -0.39 is 23.5 Å². The van der Waals surface area contributed by atoms with Gasteiger partial charge in [0.1, 0.15) is 5.82 Å². The lowest BCUT2D eigenvalue weighted by molar-refractivity contribution is -0.140. The molecule has 94 valence electrons. The van der Waals surface area contributed by atoms with Crippen LogP contribution in [0.15, 0.2) is 18.2 Å². The summed E-state index contributed by atoms with van der Waals surface area (Å²) in [5.41, 5.74) is -1.19. The molecule has 3 nitrogen and oxygen atoms in total. The van der Waals surface area contributed by atoms with Crippen molar-refractivity contribution < 1.29 is 27.5 Å². The Bertz CT molecular complexity index is 417. The summed E-state index contributed by atoms with van der Waals surface area (Å²) in [5.74, 6) is -2.47. The maximum Gasteiger partial charge on any atom is 0.419 e. The zero-order valence-corrected chi connectivity index (χ0v) is 8.51. The van der Waals surface area contributed by atoms with Gasteiger partial charge in [-0.1, -0.05) is 6.07 Å². The Labute approximate surface area is 94.1 Å². The van der Waals surface area contributed by atoms with Gasteiger partial charge >= 0.3 is 12.1 Å². The molecule has 0 spiro atoms. The summed E-state index contributed by atoms with van der Waals surface area (Å²) in [4.78, 5) is 10.2. The summed E-state index contributed by atoms with van der Waals surface area (Å²) in [6, 6.07) is 2.53. The molecule has 7 heteroatoms. The van der Waals surface area contributed by atoms with Crippen molar-refractivity contribution in [1.29, 1.82) is 0 Å². The Balaban J connectivity index is 2.79. The molecule has 0 amide bonds. The number of nitrogens with one attached hydrogen (secondary N) is 1. The zero-order chi connectivity index (χ0) is 13.1. The molecule has 1 aromatic rings. The normalized spacial score (nSPS) is 11.5. The molecule has 0 atom stereocenters. The Morgan fingerprint density at radius 1 is 1.35 bits per heavy atom. The fourth-order valence-electron chi connectivity index (χ4n) is 1.21. The standard InChI is InChI=1S/C10H9F4NO2/c11-8-2-1-6(4-15-5-9(16)17)3-7(8)10(12,13)14/h1-3,15H,4-5H2,(H,16,17). The number of hydrogen-bond acceptors (Lipinski definition) is 2. The highest BCUT2D eigenvalue weighted by atomic mass is 19.4. The summed E-state index contributed by atoms with van der Waals surface area (Å²) >= 11 is 0. The highest BCUT2D eigenvalue weighted by molar-refractivity contribution is 5.68. The molecule has 0 aliphatic rings. The molecule has 0 aliphatic heterocycles. The minimum absolute atomic E-state index is 0.0738. The largest absolute Gasteiger partial charge is 0.480 e. The van der Waals surface area contributed by atoms with Crippen LogP contribution in [-0.4, -0.2) is 17.6 Å². The fraction of sp³-hybridized carbons (Fsp3) is 0.300. The van der Waals surface area contributed by atoms with Gasteiger partial charge < -0.3 is 10.4 Å². The van der Waals surface area contributed by atoms with Crippen molar-refractivity contribution in [3.05, 3.63) is 35.1 Å². The van der Waals surface area contributed by atoms with Crippen molar-refractivity contribution in [3.63, 3.8) is 0 Å². The van der Waals surface area contributed by atoms with Crippen LogP contribution in [0, 0.1) is 5.82 Å². The van der Waals surface area contributed by atoms with Crippen LogP contribution in [-0.2, 0) is 17.5 Å². The quantitative estimate of drug-likeness (QED) is 0.805. The highest BCUT2D eigenvalue weighted by Gasteiger charge is 2.34. The molecule has 0 saturated carbocycles. The molecule has 0 fully saturated rings. The van der Waals surface area contributed by atoms with Crippen molar-refractivity contribution in [2.45, 2.75) is 12.7 Å². The van der Waals surface area contributed by atoms with Crippen LogP contribution in [0.2, 0.25) is 0 Å². The predicted molar refractivity (Wildman–Crippen MR) is 50.7 cm³/mol. The van der Waals surface area contributed by atoms with E-state index in [1.165, 1.54) is 6.07 Å². The van der Waals surface area contributed by atoms with Crippen molar-refractivity contribution in [3.8, 4) is 0 Å². The van der Waals surface area contributed by atoms with Gasteiger partial charge in [-0.15, -0.1) is 0 Å². The summed E-state index contributed by atoms with van der Waals surface area (Å²) in [6.45, 7) is -0.450. The van der Waals surface area contributed by atoms with Gasteiger partial charge in [0.15, 0.2) is 0 Å². The SMILES string of the molecule is O=C(O)CNCc1ccc(F)c(C(F)(F)F)c1. The molecule has 0 heterocycles. The molecule has 0 saturated heterocycles. The van der Waals surface area contributed by atoms with Crippen molar-refractivity contribution >= 4 is 5.97 Å². The first-order valence-corrected chi connectivity index (χ1v) is 4.59. The van der Waals surface area contributed by atoms with Crippen LogP contribution in [0.3, 0.4) is 0 Å². The number of carboxylic acid groups (broad SMARTS) is 1. The number of rotatable bonds is 4. The van der Waals surface area contributed by atoms with Crippen LogP contribution in [0.1, 0.15) is 11.1 Å². The van der Waals surface area contributed by atoms with E-state index in [1.54, 1.807) is 0 Å². The Morgan fingerprint density at radius 3 is 2.53 bits per heavy atom. The van der Waals surface area contributed by atoms with E-state index in [2.05, 4.69) is 5.32 Å². The Hall–Kier alpha value is -1.63. The third kappa shape index (κ3) is 4.03. The fourth-order valence-corrected chi connectivity index (χ4v) is 1.21. The monoisotopic (exact) mass is 251 g/mol.